The predicted octanol–water partition coefficient (Wildman–Crippen LogP) is 2.31. The van der Waals surface area contributed by atoms with E-state index in [0.29, 0.717) is 31.1 Å². The fourth-order valence-electron chi connectivity index (χ4n) is 2.61. The number of ether oxygens (including phenoxy) is 2. The number of aliphatic carboxylic acids is 1. The Labute approximate surface area is 124 Å². The molecule has 5 nitrogen and oxygen atoms in total. The van der Waals surface area contributed by atoms with Crippen LogP contribution in [0.1, 0.15) is 18.4 Å². The number of carbonyl (C=O) groups is 1. The van der Waals surface area contributed by atoms with Crippen molar-refractivity contribution < 1.29 is 19.4 Å². The highest BCUT2D eigenvalue weighted by atomic mass is 16.5. The molecule has 1 aromatic carbocycles. The summed E-state index contributed by atoms with van der Waals surface area (Å²) in [4.78, 5) is 13.2. The maximum Gasteiger partial charge on any atom is 0.320 e. The molecule has 1 atom stereocenters. The van der Waals surface area contributed by atoms with Crippen LogP contribution in [0.4, 0.5) is 0 Å². The molecule has 1 N–H and O–H groups in total. The van der Waals surface area contributed by atoms with Crippen LogP contribution >= 0.6 is 0 Å². The highest BCUT2D eigenvalue weighted by Crippen LogP contribution is 2.29. The third kappa shape index (κ3) is 3.76. The Bertz CT molecular complexity index is 515. The predicted molar refractivity (Wildman–Crippen MR) is 79.8 cm³/mol. The number of rotatable bonds is 7. The lowest BCUT2D eigenvalue weighted by atomic mass is 10.1. The van der Waals surface area contributed by atoms with Gasteiger partial charge in [-0.15, -0.1) is 0 Å². The van der Waals surface area contributed by atoms with Gasteiger partial charge < -0.3 is 14.6 Å². The summed E-state index contributed by atoms with van der Waals surface area (Å²) >= 11 is 0. The van der Waals surface area contributed by atoms with Crippen LogP contribution < -0.4 is 9.47 Å². The fourth-order valence-corrected chi connectivity index (χ4v) is 2.61. The molecular weight excluding hydrogens is 270 g/mol. The average molecular weight is 291 g/mol. The molecule has 5 heteroatoms. The summed E-state index contributed by atoms with van der Waals surface area (Å²) in [6.07, 6.45) is 3.32. The van der Waals surface area contributed by atoms with Crippen molar-refractivity contribution in [2.24, 2.45) is 0 Å². The molecule has 21 heavy (non-hydrogen) atoms. The average Bonchev–Trinajstić information content (AvgIpc) is 2.94. The van der Waals surface area contributed by atoms with Crippen LogP contribution in [0.2, 0.25) is 0 Å². The third-order valence-corrected chi connectivity index (χ3v) is 3.62. The smallest absolute Gasteiger partial charge is 0.320 e. The van der Waals surface area contributed by atoms with Crippen molar-refractivity contribution in [1.29, 1.82) is 0 Å². The second-order valence-electron chi connectivity index (χ2n) is 5.05. The van der Waals surface area contributed by atoms with E-state index in [1.165, 1.54) is 0 Å². The monoisotopic (exact) mass is 291 g/mol. The van der Waals surface area contributed by atoms with Gasteiger partial charge in [-0.1, -0.05) is 18.7 Å². The standard InChI is InChI=1S/C16H21NO4/c1-3-9-21-14-7-6-12(10-15(14)20-2)11-17-8-4-5-13(17)16(18)19/h3,6-7,10,13H,1,4-5,8-9,11H2,2H3,(H,18,19). The van der Waals surface area contributed by atoms with Gasteiger partial charge in [-0.3, -0.25) is 9.69 Å². The van der Waals surface area contributed by atoms with Crippen LogP contribution in [0.5, 0.6) is 11.5 Å². The van der Waals surface area contributed by atoms with E-state index in [9.17, 15) is 9.90 Å². The van der Waals surface area contributed by atoms with E-state index in [0.717, 1.165) is 18.5 Å². The molecule has 1 aliphatic rings. The molecule has 2 rings (SSSR count). The summed E-state index contributed by atoms with van der Waals surface area (Å²) in [5, 5.41) is 9.21. The molecule has 1 aliphatic heterocycles. The number of hydrogen-bond donors (Lipinski definition) is 1. The number of nitrogens with zero attached hydrogens (tertiary/aromatic N) is 1. The fraction of sp³-hybridized carbons (Fsp3) is 0.438. The molecule has 114 valence electrons. The van der Waals surface area contributed by atoms with Gasteiger partial charge in [0.25, 0.3) is 0 Å². The first kappa shape index (κ1) is 15.4. The van der Waals surface area contributed by atoms with E-state index in [1.54, 1.807) is 13.2 Å². The third-order valence-electron chi connectivity index (χ3n) is 3.62. The Morgan fingerprint density at radius 1 is 1.52 bits per heavy atom. The van der Waals surface area contributed by atoms with Gasteiger partial charge in [-0.2, -0.15) is 0 Å². The van der Waals surface area contributed by atoms with Crippen molar-refractivity contribution in [3.05, 3.63) is 36.4 Å². The van der Waals surface area contributed by atoms with Crippen molar-refractivity contribution in [2.75, 3.05) is 20.3 Å². The van der Waals surface area contributed by atoms with Crippen molar-refractivity contribution in [2.45, 2.75) is 25.4 Å². The first-order chi connectivity index (χ1) is 10.2. The molecule has 0 saturated carbocycles. The van der Waals surface area contributed by atoms with E-state index >= 15 is 0 Å². The van der Waals surface area contributed by atoms with Gasteiger partial charge in [-0.25, -0.2) is 0 Å². The summed E-state index contributed by atoms with van der Waals surface area (Å²) < 4.78 is 10.8. The molecule has 1 unspecified atom stereocenters. The number of likely N-dealkylation sites (tertiary alicyclic amines) is 1. The van der Waals surface area contributed by atoms with E-state index < -0.39 is 5.97 Å². The van der Waals surface area contributed by atoms with Crippen molar-refractivity contribution >= 4 is 5.97 Å². The van der Waals surface area contributed by atoms with E-state index in [1.807, 2.05) is 23.1 Å². The summed E-state index contributed by atoms with van der Waals surface area (Å²) in [6, 6.07) is 5.31. The number of hydrogen-bond acceptors (Lipinski definition) is 4. The summed E-state index contributed by atoms with van der Waals surface area (Å²) in [5.74, 6) is 0.572. The lowest BCUT2D eigenvalue weighted by molar-refractivity contribution is -0.142. The molecule has 1 saturated heterocycles. The summed E-state index contributed by atoms with van der Waals surface area (Å²) in [7, 11) is 1.59. The molecule has 1 aromatic rings. The van der Waals surface area contributed by atoms with Gasteiger partial charge in [0, 0.05) is 6.54 Å². The molecule has 1 heterocycles. The zero-order valence-corrected chi connectivity index (χ0v) is 12.2. The van der Waals surface area contributed by atoms with Crippen LogP contribution in [-0.2, 0) is 11.3 Å². The molecule has 0 spiro atoms. The molecule has 1 fully saturated rings. The minimum atomic E-state index is -0.745. The lowest BCUT2D eigenvalue weighted by Crippen LogP contribution is -2.35. The molecule has 0 bridgehead atoms. The van der Waals surface area contributed by atoms with Crippen LogP contribution in [-0.4, -0.2) is 42.3 Å². The van der Waals surface area contributed by atoms with Crippen molar-refractivity contribution in [3.63, 3.8) is 0 Å². The van der Waals surface area contributed by atoms with Gasteiger partial charge in [-0.05, 0) is 37.1 Å². The Hall–Kier alpha value is -2.01. The normalized spacial score (nSPS) is 18.4. The minimum absolute atomic E-state index is 0.382. The van der Waals surface area contributed by atoms with Crippen LogP contribution in [0, 0.1) is 0 Å². The zero-order valence-electron chi connectivity index (χ0n) is 12.2. The number of carboxylic acids is 1. The van der Waals surface area contributed by atoms with Crippen LogP contribution in [0.15, 0.2) is 30.9 Å². The molecule has 0 radical (unpaired) electrons. The Kier molecular flexibility index (Phi) is 5.22. The number of carboxylic acid groups (broad SMARTS) is 1. The second kappa shape index (κ2) is 7.13. The highest BCUT2D eigenvalue weighted by molar-refractivity contribution is 5.73. The molecule has 0 aliphatic carbocycles. The summed E-state index contributed by atoms with van der Waals surface area (Å²) in [6.45, 7) is 5.45. The van der Waals surface area contributed by atoms with Gasteiger partial charge in [0.15, 0.2) is 11.5 Å². The first-order valence-corrected chi connectivity index (χ1v) is 7.03. The van der Waals surface area contributed by atoms with Gasteiger partial charge >= 0.3 is 5.97 Å². The van der Waals surface area contributed by atoms with E-state index in [2.05, 4.69) is 6.58 Å². The maximum atomic E-state index is 11.2. The van der Waals surface area contributed by atoms with E-state index in [4.69, 9.17) is 9.47 Å². The quantitative estimate of drug-likeness (QED) is 0.781. The SMILES string of the molecule is C=CCOc1ccc(CN2CCCC2C(=O)O)cc1OC. The summed E-state index contributed by atoms with van der Waals surface area (Å²) in [5.41, 5.74) is 1.02. The van der Waals surface area contributed by atoms with Crippen molar-refractivity contribution in [1.82, 2.24) is 4.90 Å². The van der Waals surface area contributed by atoms with Crippen molar-refractivity contribution in [3.8, 4) is 11.5 Å². The lowest BCUT2D eigenvalue weighted by Gasteiger charge is -2.21. The molecule has 0 aromatic heterocycles. The minimum Gasteiger partial charge on any atom is -0.493 e. The maximum absolute atomic E-state index is 11.2. The van der Waals surface area contributed by atoms with Crippen LogP contribution in [0.3, 0.4) is 0 Å². The van der Waals surface area contributed by atoms with Crippen LogP contribution in [0.25, 0.3) is 0 Å². The van der Waals surface area contributed by atoms with Gasteiger partial charge in [0.05, 0.1) is 7.11 Å². The zero-order chi connectivity index (χ0) is 15.2. The van der Waals surface area contributed by atoms with Gasteiger partial charge in [0.2, 0.25) is 0 Å². The Balaban J connectivity index is 2.10. The Morgan fingerprint density at radius 2 is 2.33 bits per heavy atom. The molecular formula is C16H21NO4. The number of benzene rings is 1. The number of methoxy groups -OCH3 is 1. The second-order valence-corrected chi connectivity index (χ2v) is 5.05. The Morgan fingerprint density at radius 3 is 3.00 bits per heavy atom. The largest absolute Gasteiger partial charge is 0.493 e. The highest BCUT2D eigenvalue weighted by Gasteiger charge is 2.30. The van der Waals surface area contributed by atoms with Gasteiger partial charge in [0.1, 0.15) is 12.6 Å². The topological polar surface area (TPSA) is 59.0 Å². The molecule has 0 amide bonds. The van der Waals surface area contributed by atoms with E-state index in [-0.39, 0.29) is 6.04 Å². The first-order valence-electron chi connectivity index (χ1n) is 7.03.